The van der Waals surface area contributed by atoms with Gasteiger partial charge in [0.2, 0.25) is 0 Å². The van der Waals surface area contributed by atoms with E-state index in [2.05, 4.69) is 9.55 Å². The van der Waals surface area contributed by atoms with Crippen LogP contribution in [-0.4, -0.2) is 14.7 Å². The first-order chi connectivity index (χ1) is 6.63. The highest BCUT2D eigenvalue weighted by Gasteiger charge is 2.07. The zero-order valence-corrected chi connectivity index (χ0v) is 8.70. The topological polar surface area (TPSA) is 38.1 Å². The lowest BCUT2D eigenvalue weighted by Gasteiger charge is -2.02. The Balaban J connectivity index is 2.83. The van der Waals surface area contributed by atoms with Gasteiger partial charge in [0.15, 0.2) is 0 Å². The molecular weight excluding hydrogens is 176 g/mol. The molecule has 0 atom stereocenters. The second kappa shape index (κ2) is 3.10. The summed E-state index contributed by atoms with van der Waals surface area (Å²) in [5.74, 6) is 0.998. The lowest BCUT2D eigenvalue weighted by molar-refractivity contribution is 0.282. The summed E-state index contributed by atoms with van der Waals surface area (Å²) in [5, 5.41) is 9.06. The summed E-state index contributed by atoms with van der Waals surface area (Å²) in [4.78, 5) is 4.43. The molecule has 14 heavy (non-hydrogen) atoms. The molecule has 0 unspecified atom stereocenters. The Morgan fingerprint density at radius 2 is 2.07 bits per heavy atom. The largest absolute Gasteiger partial charge is 0.392 e. The Kier molecular flexibility index (Phi) is 2.04. The van der Waals surface area contributed by atoms with E-state index in [1.807, 2.05) is 33.0 Å². The van der Waals surface area contributed by atoms with Gasteiger partial charge in [0.25, 0.3) is 0 Å². The van der Waals surface area contributed by atoms with Gasteiger partial charge in [-0.25, -0.2) is 4.98 Å². The maximum absolute atomic E-state index is 9.06. The van der Waals surface area contributed by atoms with Crippen molar-refractivity contribution in [2.75, 3.05) is 0 Å². The van der Waals surface area contributed by atoms with Crippen LogP contribution in [0.1, 0.15) is 17.0 Å². The van der Waals surface area contributed by atoms with Gasteiger partial charge in [0.1, 0.15) is 5.82 Å². The minimum atomic E-state index is 0.0758. The summed E-state index contributed by atoms with van der Waals surface area (Å²) in [6.45, 7) is 4.10. The highest BCUT2D eigenvalue weighted by molar-refractivity contribution is 5.80. The van der Waals surface area contributed by atoms with E-state index < -0.39 is 0 Å². The van der Waals surface area contributed by atoms with Crippen molar-refractivity contribution in [1.82, 2.24) is 9.55 Å². The minimum Gasteiger partial charge on any atom is -0.392 e. The van der Waals surface area contributed by atoms with Crippen molar-refractivity contribution in [2.45, 2.75) is 20.5 Å². The lowest BCUT2D eigenvalue weighted by Crippen LogP contribution is -1.93. The van der Waals surface area contributed by atoms with Crippen LogP contribution in [-0.2, 0) is 13.7 Å². The van der Waals surface area contributed by atoms with Crippen LogP contribution in [0, 0.1) is 13.8 Å². The SMILES string of the molecule is Cc1cc(CO)cc2nc(C)n(C)c12. The molecule has 2 aromatic rings. The molecule has 0 aliphatic heterocycles. The maximum Gasteiger partial charge on any atom is 0.106 e. The van der Waals surface area contributed by atoms with E-state index in [9.17, 15) is 0 Å². The predicted octanol–water partition coefficient (Wildman–Crippen LogP) is 1.68. The van der Waals surface area contributed by atoms with Crippen LogP contribution in [0.25, 0.3) is 11.0 Å². The smallest absolute Gasteiger partial charge is 0.106 e. The third-order valence-corrected chi connectivity index (χ3v) is 2.63. The van der Waals surface area contributed by atoms with E-state index in [1.165, 1.54) is 0 Å². The van der Waals surface area contributed by atoms with E-state index >= 15 is 0 Å². The van der Waals surface area contributed by atoms with Crippen molar-refractivity contribution in [2.24, 2.45) is 7.05 Å². The summed E-state index contributed by atoms with van der Waals surface area (Å²) in [5.41, 5.74) is 4.21. The molecule has 0 saturated carbocycles. The molecule has 1 aromatic heterocycles. The number of hydrogen-bond acceptors (Lipinski definition) is 2. The molecule has 0 aliphatic rings. The fourth-order valence-electron chi connectivity index (χ4n) is 1.86. The summed E-state index contributed by atoms with van der Waals surface area (Å²) in [6.07, 6.45) is 0. The molecule has 3 nitrogen and oxygen atoms in total. The van der Waals surface area contributed by atoms with Gasteiger partial charge in [0.05, 0.1) is 17.6 Å². The average molecular weight is 190 g/mol. The highest BCUT2D eigenvalue weighted by Crippen LogP contribution is 2.20. The Bertz CT molecular complexity index is 485. The van der Waals surface area contributed by atoms with E-state index in [1.54, 1.807) is 0 Å². The van der Waals surface area contributed by atoms with Crippen molar-refractivity contribution >= 4 is 11.0 Å². The van der Waals surface area contributed by atoms with Gasteiger partial charge in [-0.15, -0.1) is 0 Å². The minimum absolute atomic E-state index is 0.0758. The molecule has 74 valence electrons. The normalized spacial score (nSPS) is 11.1. The summed E-state index contributed by atoms with van der Waals surface area (Å²) in [6, 6.07) is 3.94. The Morgan fingerprint density at radius 3 is 2.71 bits per heavy atom. The molecule has 0 spiro atoms. The van der Waals surface area contributed by atoms with Crippen molar-refractivity contribution in [3.8, 4) is 0 Å². The van der Waals surface area contributed by atoms with Crippen molar-refractivity contribution in [1.29, 1.82) is 0 Å². The highest BCUT2D eigenvalue weighted by atomic mass is 16.3. The summed E-state index contributed by atoms with van der Waals surface area (Å²) < 4.78 is 2.08. The number of aryl methyl sites for hydroxylation is 3. The molecule has 0 radical (unpaired) electrons. The number of aromatic nitrogens is 2. The zero-order chi connectivity index (χ0) is 10.3. The van der Waals surface area contributed by atoms with Crippen molar-refractivity contribution in [3.05, 3.63) is 29.1 Å². The van der Waals surface area contributed by atoms with Crippen LogP contribution in [0.3, 0.4) is 0 Å². The quantitative estimate of drug-likeness (QED) is 0.743. The molecule has 1 aromatic carbocycles. The fraction of sp³-hybridized carbons (Fsp3) is 0.364. The molecule has 1 heterocycles. The molecule has 1 N–H and O–H groups in total. The number of aliphatic hydroxyl groups is 1. The standard InChI is InChI=1S/C11H14N2O/c1-7-4-9(6-14)5-10-11(7)13(3)8(2)12-10/h4-5,14H,6H2,1-3H3. The van der Waals surface area contributed by atoms with Crippen LogP contribution < -0.4 is 0 Å². The van der Waals surface area contributed by atoms with Crippen LogP contribution in [0.4, 0.5) is 0 Å². The number of benzene rings is 1. The molecule has 2 rings (SSSR count). The number of hydrogen-bond donors (Lipinski definition) is 1. The Hall–Kier alpha value is -1.35. The molecule has 3 heteroatoms. The van der Waals surface area contributed by atoms with Crippen LogP contribution in [0.5, 0.6) is 0 Å². The van der Waals surface area contributed by atoms with Crippen LogP contribution >= 0.6 is 0 Å². The second-order valence-electron chi connectivity index (χ2n) is 3.66. The van der Waals surface area contributed by atoms with Gasteiger partial charge in [-0.1, -0.05) is 6.07 Å². The van der Waals surface area contributed by atoms with E-state index in [0.29, 0.717) is 0 Å². The van der Waals surface area contributed by atoms with Gasteiger partial charge in [-0.2, -0.15) is 0 Å². The van der Waals surface area contributed by atoms with Crippen LogP contribution in [0.2, 0.25) is 0 Å². The number of imidazole rings is 1. The molecular formula is C11H14N2O. The average Bonchev–Trinajstić information content (AvgIpc) is 2.43. The molecule has 0 amide bonds. The fourth-order valence-corrected chi connectivity index (χ4v) is 1.86. The van der Waals surface area contributed by atoms with Gasteiger partial charge in [0, 0.05) is 7.05 Å². The maximum atomic E-state index is 9.06. The molecule has 0 aliphatic carbocycles. The van der Waals surface area contributed by atoms with Crippen molar-refractivity contribution in [3.63, 3.8) is 0 Å². The van der Waals surface area contributed by atoms with Gasteiger partial charge >= 0.3 is 0 Å². The second-order valence-corrected chi connectivity index (χ2v) is 3.66. The van der Waals surface area contributed by atoms with Crippen LogP contribution in [0.15, 0.2) is 12.1 Å². The first kappa shape index (κ1) is 9.21. The summed E-state index contributed by atoms with van der Waals surface area (Å²) in [7, 11) is 2.01. The number of rotatable bonds is 1. The number of fused-ring (bicyclic) bond motifs is 1. The predicted molar refractivity (Wildman–Crippen MR) is 56.1 cm³/mol. The third-order valence-electron chi connectivity index (χ3n) is 2.63. The van der Waals surface area contributed by atoms with E-state index in [0.717, 1.165) is 28.0 Å². The summed E-state index contributed by atoms with van der Waals surface area (Å²) >= 11 is 0. The van der Waals surface area contributed by atoms with E-state index in [-0.39, 0.29) is 6.61 Å². The third kappa shape index (κ3) is 1.21. The molecule has 0 fully saturated rings. The Morgan fingerprint density at radius 1 is 1.36 bits per heavy atom. The molecule has 0 bridgehead atoms. The van der Waals surface area contributed by atoms with Crippen molar-refractivity contribution < 1.29 is 5.11 Å². The Labute approximate surface area is 83.0 Å². The van der Waals surface area contributed by atoms with E-state index in [4.69, 9.17) is 5.11 Å². The number of nitrogens with zero attached hydrogens (tertiary/aromatic N) is 2. The first-order valence-electron chi connectivity index (χ1n) is 4.67. The first-order valence-corrected chi connectivity index (χ1v) is 4.67. The van der Waals surface area contributed by atoms with Gasteiger partial charge < -0.3 is 9.67 Å². The zero-order valence-electron chi connectivity index (χ0n) is 8.70. The van der Waals surface area contributed by atoms with Gasteiger partial charge in [-0.3, -0.25) is 0 Å². The monoisotopic (exact) mass is 190 g/mol. The number of aliphatic hydroxyl groups excluding tert-OH is 1. The lowest BCUT2D eigenvalue weighted by atomic mass is 10.1. The molecule has 0 saturated heterocycles. The van der Waals surface area contributed by atoms with Gasteiger partial charge in [-0.05, 0) is 31.0 Å².